The lowest BCUT2D eigenvalue weighted by atomic mass is 9.68. The Labute approximate surface area is 187 Å². The van der Waals surface area contributed by atoms with Crippen LogP contribution in [-0.4, -0.2) is 38.1 Å². The second-order valence-corrected chi connectivity index (χ2v) is 10.3. The Hall–Kier alpha value is -2.96. The van der Waals surface area contributed by atoms with Crippen LogP contribution in [0.1, 0.15) is 52.9 Å². The molecule has 7 heteroatoms. The van der Waals surface area contributed by atoms with Crippen LogP contribution in [0.15, 0.2) is 36.7 Å². The van der Waals surface area contributed by atoms with E-state index in [4.69, 9.17) is 0 Å². The number of benzene rings is 1. The largest absolute Gasteiger partial charge is 0.507 e. The topological polar surface area (TPSA) is 77.9 Å². The van der Waals surface area contributed by atoms with Crippen molar-refractivity contribution in [2.24, 2.45) is 10.8 Å². The number of nitrogens with one attached hydrogen (secondary N) is 1. The molecule has 1 aromatic carbocycles. The van der Waals surface area contributed by atoms with Crippen molar-refractivity contribution in [1.29, 1.82) is 0 Å². The van der Waals surface area contributed by atoms with Gasteiger partial charge >= 0.3 is 0 Å². The smallest absolute Gasteiger partial charge is 0.151 e. The third-order valence-electron chi connectivity index (χ3n) is 7.54. The molecule has 32 heavy (non-hydrogen) atoms. The monoisotopic (exact) mass is 435 g/mol. The zero-order valence-corrected chi connectivity index (χ0v) is 18.9. The number of aromatic amines is 1. The number of aromatic nitrogens is 4. The number of aromatic hydroxyl groups is 1. The van der Waals surface area contributed by atoms with Crippen molar-refractivity contribution in [3.05, 3.63) is 42.5 Å². The Bertz CT molecular complexity index is 1100. The number of H-pyrrole nitrogens is 1. The molecule has 3 atom stereocenters. The third kappa shape index (κ3) is 3.63. The Balaban J connectivity index is 1.41. The average Bonchev–Trinajstić information content (AvgIpc) is 3.36. The molecule has 168 valence electrons. The van der Waals surface area contributed by atoms with E-state index >= 15 is 0 Å². The molecule has 2 aromatic heterocycles. The van der Waals surface area contributed by atoms with E-state index in [0.29, 0.717) is 33.7 Å². The van der Waals surface area contributed by atoms with Crippen molar-refractivity contribution < 1.29 is 9.50 Å². The summed E-state index contributed by atoms with van der Waals surface area (Å²) in [6, 6.07) is 6.92. The minimum Gasteiger partial charge on any atom is -0.507 e. The highest BCUT2D eigenvalue weighted by Gasteiger charge is 2.50. The maximum Gasteiger partial charge on any atom is 0.151 e. The standard InChI is InChI=1S/C25H30FN5O/c1-4-31(17-11-24(2)7-8-25(3,12-17)15-24)23-6-5-21(29-30-23)19-9-20(26)18(10-22(19)32)16-13-27-28-14-16/h5-6,9-10,13-14,17,32H,4,7-8,11-12,15H2,1-3H3,(H,27,28)/t17-,24-,25+. The molecular formula is C25H30FN5O. The van der Waals surface area contributed by atoms with Crippen molar-refractivity contribution in [3.63, 3.8) is 0 Å². The molecule has 0 unspecified atom stereocenters. The SMILES string of the molecule is CCN(c1ccc(-c2cc(F)c(-c3cn[nH]c3)cc2O)nn1)[C@H]1C[C@]2(C)CC[C@](C)(C1)C2. The number of fused-ring (bicyclic) bond motifs is 2. The molecule has 2 saturated carbocycles. The maximum absolute atomic E-state index is 14.7. The van der Waals surface area contributed by atoms with Crippen LogP contribution < -0.4 is 4.90 Å². The van der Waals surface area contributed by atoms with E-state index in [-0.39, 0.29) is 11.3 Å². The van der Waals surface area contributed by atoms with Crippen LogP contribution >= 0.6 is 0 Å². The van der Waals surface area contributed by atoms with E-state index in [2.05, 4.69) is 46.1 Å². The van der Waals surface area contributed by atoms with E-state index < -0.39 is 5.82 Å². The van der Waals surface area contributed by atoms with Crippen LogP contribution in [0.5, 0.6) is 5.75 Å². The van der Waals surface area contributed by atoms with E-state index in [9.17, 15) is 9.50 Å². The molecule has 0 saturated heterocycles. The third-order valence-corrected chi connectivity index (χ3v) is 7.54. The van der Waals surface area contributed by atoms with E-state index in [1.165, 1.54) is 50.4 Å². The van der Waals surface area contributed by atoms with Gasteiger partial charge in [-0.1, -0.05) is 13.8 Å². The van der Waals surface area contributed by atoms with Crippen molar-refractivity contribution in [2.45, 2.75) is 58.9 Å². The van der Waals surface area contributed by atoms with Crippen LogP contribution in [0, 0.1) is 16.6 Å². The summed E-state index contributed by atoms with van der Waals surface area (Å²) in [7, 11) is 0. The van der Waals surface area contributed by atoms with Gasteiger partial charge in [-0.15, -0.1) is 10.2 Å². The van der Waals surface area contributed by atoms with Crippen LogP contribution in [0.3, 0.4) is 0 Å². The molecule has 2 heterocycles. The van der Waals surface area contributed by atoms with Gasteiger partial charge in [0.05, 0.1) is 11.9 Å². The lowest BCUT2D eigenvalue weighted by molar-refractivity contribution is 0.146. The van der Waals surface area contributed by atoms with E-state index in [1.807, 2.05) is 12.1 Å². The van der Waals surface area contributed by atoms with E-state index in [0.717, 1.165) is 12.4 Å². The molecule has 2 aliphatic carbocycles. The van der Waals surface area contributed by atoms with Gasteiger partial charge in [0.1, 0.15) is 11.6 Å². The molecule has 2 fully saturated rings. The molecule has 0 aliphatic heterocycles. The second kappa shape index (κ2) is 7.57. The highest BCUT2D eigenvalue weighted by Crippen LogP contribution is 2.59. The number of hydrogen-bond donors (Lipinski definition) is 2. The Morgan fingerprint density at radius 2 is 1.88 bits per heavy atom. The van der Waals surface area contributed by atoms with Crippen LogP contribution in [0.25, 0.3) is 22.4 Å². The van der Waals surface area contributed by atoms with Gasteiger partial charge in [0.2, 0.25) is 0 Å². The first-order chi connectivity index (χ1) is 15.3. The van der Waals surface area contributed by atoms with Gasteiger partial charge in [-0.2, -0.15) is 5.10 Å². The van der Waals surface area contributed by atoms with E-state index in [1.54, 1.807) is 6.20 Å². The van der Waals surface area contributed by atoms with Gasteiger partial charge in [0, 0.05) is 35.5 Å². The highest BCUT2D eigenvalue weighted by atomic mass is 19.1. The molecule has 3 aromatic rings. The zero-order valence-electron chi connectivity index (χ0n) is 18.9. The zero-order chi connectivity index (χ0) is 22.5. The van der Waals surface area contributed by atoms with Gasteiger partial charge in [-0.3, -0.25) is 5.10 Å². The summed E-state index contributed by atoms with van der Waals surface area (Å²) in [5.41, 5.74) is 2.47. The molecular weight excluding hydrogens is 405 g/mol. The van der Waals surface area contributed by atoms with Gasteiger partial charge < -0.3 is 10.0 Å². The highest BCUT2D eigenvalue weighted by molar-refractivity contribution is 5.74. The fourth-order valence-corrected chi connectivity index (χ4v) is 6.21. The Morgan fingerprint density at radius 3 is 2.47 bits per heavy atom. The van der Waals surface area contributed by atoms with Gasteiger partial charge in [0.25, 0.3) is 0 Å². The van der Waals surface area contributed by atoms with Crippen molar-refractivity contribution in [2.75, 3.05) is 11.4 Å². The number of phenols is 1. The van der Waals surface area contributed by atoms with Crippen LogP contribution in [0.2, 0.25) is 0 Å². The quantitative estimate of drug-likeness (QED) is 0.548. The first-order valence-electron chi connectivity index (χ1n) is 11.4. The first-order valence-corrected chi connectivity index (χ1v) is 11.4. The van der Waals surface area contributed by atoms with Gasteiger partial charge in [0.15, 0.2) is 5.82 Å². The molecule has 2 aliphatic rings. The summed E-state index contributed by atoms with van der Waals surface area (Å²) in [4.78, 5) is 2.36. The summed E-state index contributed by atoms with van der Waals surface area (Å²) in [6.45, 7) is 7.88. The average molecular weight is 436 g/mol. The molecule has 2 N–H and O–H groups in total. The molecule has 0 spiro atoms. The minimum absolute atomic E-state index is 0.0401. The Kier molecular flexibility index (Phi) is 4.95. The number of hydrogen-bond acceptors (Lipinski definition) is 5. The van der Waals surface area contributed by atoms with Gasteiger partial charge in [-0.05, 0) is 74.1 Å². The fraction of sp³-hybridized carbons (Fsp3) is 0.480. The lowest BCUT2D eigenvalue weighted by Crippen LogP contribution is -2.44. The number of halogens is 1. The van der Waals surface area contributed by atoms with Crippen molar-refractivity contribution in [3.8, 4) is 28.1 Å². The van der Waals surface area contributed by atoms with Crippen molar-refractivity contribution >= 4 is 5.82 Å². The molecule has 0 amide bonds. The van der Waals surface area contributed by atoms with Gasteiger partial charge in [-0.25, -0.2) is 4.39 Å². The summed E-state index contributed by atoms with van der Waals surface area (Å²) in [5, 5.41) is 25.9. The summed E-state index contributed by atoms with van der Waals surface area (Å²) in [6.07, 6.45) is 9.40. The minimum atomic E-state index is -0.445. The summed E-state index contributed by atoms with van der Waals surface area (Å²) >= 11 is 0. The number of nitrogens with zero attached hydrogens (tertiary/aromatic N) is 4. The van der Waals surface area contributed by atoms with Crippen molar-refractivity contribution in [1.82, 2.24) is 20.4 Å². The predicted octanol–water partition coefficient (Wildman–Crippen LogP) is 5.56. The lowest BCUT2D eigenvalue weighted by Gasteiger charge is -2.45. The Morgan fingerprint density at radius 1 is 1.12 bits per heavy atom. The second-order valence-electron chi connectivity index (χ2n) is 10.3. The van der Waals surface area contributed by atoms with Crippen LogP contribution in [0.4, 0.5) is 10.2 Å². The number of anilines is 1. The number of rotatable bonds is 5. The number of phenolic OH excluding ortho intramolecular Hbond substituents is 1. The molecule has 2 bridgehead atoms. The van der Waals surface area contributed by atoms with Crippen LogP contribution in [-0.2, 0) is 0 Å². The fourth-order valence-electron chi connectivity index (χ4n) is 6.21. The molecule has 0 radical (unpaired) electrons. The summed E-state index contributed by atoms with van der Waals surface area (Å²) in [5.74, 6) is 0.353. The first kappa shape index (κ1) is 20.9. The molecule has 5 rings (SSSR count). The molecule has 6 nitrogen and oxygen atoms in total. The predicted molar refractivity (Wildman–Crippen MR) is 123 cm³/mol. The summed E-state index contributed by atoms with van der Waals surface area (Å²) < 4.78 is 14.7. The normalized spacial score (nSPS) is 26.9. The maximum atomic E-state index is 14.7.